The topological polar surface area (TPSA) is 53.4 Å². The van der Waals surface area contributed by atoms with Gasteiger partial charge in [-0.25, -0.2) is 4.79 Å². The van der Waals surface area contributed by atoms with Gasteiger partial charge in [0.2, 0.25) is 0 Å². The van der Waals surface area contributed by atoms with Gasteiger partial charge in [0.25, 0.3) is 0 Å². The molecule has 0 amide bonds. The number of hydrogen-bond donors (Lipinski definition) is 1. The molecule has 0 spiro atoms. The minimum atomic E-state index is -0.903. The standard InChI is InChI=1S/C27H26N2O2/c30-27(31)22-11-14-28-23(17-22)18-29-15-12-21(13-16-29)26-24-7-3-1-5-19(24)9-10-20-6-2-4-8-25(20)26/h1-8,11,14,17H,9-10,12-13,15-16,18H2,(H,30,31). The minimum Gasteiger partial charge on any atom is -0.478 e. The summed E-state index contributed by atoms with van der Waals surface area (Å²) in [6.07, 6.45) is 5.81. The van der Waals surface area contributed by atoms with Gasteiger partial charge >= 0.3 is 5.97 Å². The molecule has 5 rings (SSSR count). The van der Waals surface area contributed by atoms with Crippen LogP contribution in [0.1, 0.15) is 51.1 Å². The van der Waals surface area contributed by atoms with Crippen molar-refractivity contribution in [2.75, 3.05) is 13.1 Å². The van der Waals surface area contributed by atoms with Gasteiger partial charge < -0.3 is 5.11 Å². The van der Waals surface area contributed by atoms with Gasteiger partial charge in [-0.3, -0.25) is 9.88 Å². The lowest BCUT2D eigenvalue weighted by molar-refractivity contribution is 0.0696. The normalized spacial score (nSPS) is 16.4. The van der Waals surface area contributed by atoms with Gasteiger partial charge in [-0.05, 0) is 65.6 Å². The predicted octanol–water partition coefficient (Wildman–Crippen LogP) is 4.98. The molecule has 1 N–H and O–H groups in total. The lowest BCUT2D eigenvalue weighted by Crippen LogP contribution is -2.31. The Morgan fingerprint density at radius 3 is 2.10 bits per heavy atom. The molecule has 2 heterocycles. The first-order chi connectivity index (χ1) is 15.2. The average Bonchev–Trinajstić information content (AvgIpc) is 2.97. The zero-order valence-electron chi connectivity index (χ0n) is 17.6. The lowest BCUT2D eigenvalue weighted by atomic mass is 9.86. The third-order valence-electron chi connectivity index (χ3n) is 6.50. The SMILES string of the molecule is O=C(O)c1ccnc(CN2CCC(=C3c4ccccc4CCc4ccccc43)CC2)c1. The van der Waals surface area contributed by atoms with E-state index in [-0.39, 0.29) is 0 Å². The number of benzene rings is 2. The highest BCUT2D eigenvalue weighted by molar-refractivity contribution is 5.87. The Labute approximate surface area is 182 Å². The molecule has 2 aliphatic rings. The van der Waals surface area contributed by atoms with E-state index in [4.69, 9.17) is 0 Å². The number of rotatable bonds is 3. The number of nitrogens with zero attached hydrogens (tertiary/aromatic N) is 2. The highest BCUT2D eigenvalue weighted by Crippen LogP contribution is 2.38. The molecule has 4 nitrogen and oxygen atoms in total. The first kappa shape index (κ1) is 19.7. The smallest absolute Gasteiger partial charge is 0.335 e. The highest BCUT2D eigenvalue weighted by atomic mass is 16.4. The predicted molar refractivity (Wildman–Crippen MR) is 122 cm³/mol. The summed E-state index contributed by atoms with van der Waals surface area (Å²) in [5, 5.41) is 9.23. The van der Waals surface area contributed by atoms with Gasteiger partial charge in [0.05, 0.1) is 11.3 Å². The van der Waals surface area contributed by atoms with E-state index in [1.54, 1.807) is 18.3 Å². The summed E-state index contributed by atoms with van der Waals surface area (Å²) in [6, 6.07) is 21.0. The summed E-state index contributed by atoms with van der Waals surface area (Å²) in [5.74, 6) is -0.903. The number of likely N-dealkylation sites (tertiary alicyclic amines) is 1. The van der Waals surface area contributed by atoms with Crippen molar-refractivity contribution in [1.29, 1.82) is 0 Å². The Morgan fingerprint density at radius 2 is 1.48 bits per heavy atom. The zero-order valence-corrected chi connectivity index (χ0v) is 17.6. The van der Waals surface area contributed by atoms with Crippen LogP contribution in [0.15, 0.2) is 72.4 Å². The lowest BCUT2D eigenvalue weighted by Gasteiger charge is -2.30. The molecule has 156 valence electrons. The van der Waals surface area contributed by atoms with Gasteiger partial charge in [-0.2, -0.15) is 0 Å². The summed E-state index contributed by atoms with van der Waals surface area (Å²) in [6.45, 7) is 2.61. The molecule has 0 unspecified atom stereocenters. The average molecular weight is 411 g/mol. The molecule has 1 aromatic heterocycles. The summed E-state index contributed by atoms with van der Waals surface area (Å²) in [7, 11) is 0. The number of pyridine rings is 1. The van der Waals surface area contributed by atoms with Crippen LogP contribution in [-0.2, 0) is 19.4 Å². The molecule has 1 aliphatic heterocycles. The fraction of sp³-hybridized carbons (Fsp3) is 0.259. The molecule has 0 saturated carbocycles. The number of aromatic nitrogens is 1. The van der Waals surface area contributed by atoms with Gasteiger partial charge in [0.1, 0.15) is 0 Å². The quantitative estimate of drug-likeness (QED) is 0.662. The molecule has 4 heteroatoms. The van der Waals surface area contributed by atoms with Gasteiger partial charge in [0, 0.05) is 25.8 Å². The van der Waals surface area contributed by atoms with Crippen LogP contribution in [0.2, 0.25) is 0 Å². The van der Waals surface area contributed by atoms with Gasteiger partial charge in [-0.1, -0.05) is 54.1 Å². The second-order valence-electron chi connectivity index (χ2n) is 8.41. The number of carbonyl (C=O) groups is 1. The van der Waals surface area contributed by atoms with E-state index < -0.39 is 5.97 Å². The second kappa shape index (κ2) is 8.48. The molecular weight excluding hydrogens is 384 g/mol. The Balaban J connectivity index is 1.42. The van der Waals surface area contributed by atoms with Crippen molar-refractivity contribution in [3.05, 3.63) is 106 Å². The molecule has 0 bridgehead atoms. The summed E-state index contributed by atoms with van der Waals surface area (Å²) >= 11 is 0. The maximum Gasteiger partial charge on any atom is 0.335 e. The maximum atomic E-state index is 11.2. The third kappa shape index (κ3) is 4.04. The number of aromatic carboxylic acids is 1. The number of carboxylic acids is 1. The monoisotopic (exact) mass is 410 g/mol. The highest BCUT2D eigenvalue weighted by Gasteiger charge is 2.24. The minimum absolute atomic E-state index is 0.302. The van der Waals surface area contributed by atoms with Crippen LogP contribution < -0.4 is 0 Å². The molecule has 2 aromatic carbocycles. The van der Waals surface area contributed by atoms with Crippen LogP contribution in [0.25, 0.3) is 5.57 Å². The van der Waals surface area contributed by atoms with Gasteiger partial charge in [0.15, 0.2) is 0 Å². The fourth-order valence-electron chi connectivity index (χ4n) is 4.92. The zero-order chi connectivity index (χ0) is 21.2. The van der Waals surface area contributed by atoms with E-state index in [0.29, 0.717) is 12.1 Å². The van der Waals surface area contributed by atoms with Crippen LogP contribution in [0, 0.1) is 0 Å². The summed E-state index contributed by atoms with van der Waals surface area (Å²) in [4.78, 5) is 18.0. The van der Waals surface area contributed by atoms with E-state index in [1.165, 1.54) is 33.4 Å². The van der Waals surface area contributed by atoms with Crippen LogP contribution in [0.4, 0.5) is 0 Å². The first-order valence-corrected chi connectivity index (χ1v) is 11.0. The first-order valence-electron chi connectivity index (χ1n) is 11.0. The fourth-order valence-corrected chi connectivity index (χ4v) is 4.92. The van der Waals surface area contributed by atoms with E-state index in [2.05, 4.69) is 58.4 Å². The third-order valence-corrected chi connectivity index (χ3v) is 6.50. The van der Waals surface area contributed by atoms with Gasteiger partial charge in [-0.15, -0.1) is 0 Å². The van der Waals surface area contributed by atoms with Crippen molar-refractivity contribution in [2.45, 2.75) is 32.2 Å². The maximum absolute atomic E-state index is 11.2. The molecule has 31 heavy (non-hydrogen) atoms. The summed E-state index contributed by atoms with van der Waals surface area (Å²) in [5.41, 5.74) is 9.77. The van der Waals surface area contributed by atoms with Crippen LogP contribution in [0.5, 0.6) is 0 Å². The van der Waals surface area contributed by atoms with Crippen LogP contribution >= 0.6 is 0 Å². The van der Waals surface area contributed by atoms with Crippen molar-refractivity contribution in [1.82, 2.24) is 9.88 Å². The molecule has 1 fully saturated rings. The molecule has 3 aromatic rings. The van der Waals surface area contributed by atoms with E-state index >= 15 is 0 Å². The number of fused-ring (bicyclic) bond motifs is 2. The van der Waals surface area contributed by atoms with Crippen LogP contribution in [0.3, 0.4) is 0 Å². The van der Waals surface area contributed by atoms with Crippen molar-refractivity contribution < 1.29 is 9.90 Å². The number of carboxylic acid groups (broad SMARTS) is 1. The van der Waals surface area contributed by atoms with Crippen molar-refractivity contribution >= 4 is 11.5 Å². The molecule has 1 aliphatic carbocycles. The largest absolute Gasteiger partial charge is 0.478 e. The number of aryl methyl sites for hydroxylation is 2. The van der Waals surface area contributed by atoms with Crippen molar-refractivity contribution in [2.24, 2.45) is 0 Å². The molecule has 1 saturated heterocycles. The Hall–Kier alpha value is -3.24. The molecule has 0 atom stereocenters. The van der Waals surface area contributed by atoms with E-state index in [1.807, 2.05) is 0 Å². The van der Waals surface area contributed by atoms with Crippen LogP contribution in [-0.4, -0.2) is 34.0 Å². The molecular formula is C27H26N2O2. The number of piperidine rings is 1. The Morgan fingerprint density at radius 1 is 0.871 bits per heavy atom. The van der Waals surface area contributed by atoms with E-state index in [9.17, 15) is 9.90 Å². The second-order valence-corrected chi connectivity index (χ2v) is 8.41. The van der Waals surface area contributed by atoms with Crippen molar-refractivity contribution in [3.63, 3.8) is 0 Å². The van der Waals surface area contributed by atoms with E-state index in [0.717, 1.165) is 44.5 Å². The number of hydrogen-bond acceptors (Lipinski definition) is 3. The molecule has 0 radical (unpaired) electrons. The summed E-state index contributed by atoms with van der Waals surface area (Å²) < 4.78 is 0. The van der Waals surface area contributed by atoms with Crippen molar-refractivity contribution in [3.8, 4) is 0 Å². The Bertz CT molecular complexity index is 1110. The Kier molecular flexibility index (Phi) is 5.39.